The van der Waals surface area contributed by atoms with Crippen LogP contribution in [0, 0.1) is 11.8 Å². The topological polar surface area (TPSA) is 84.3 Å². The zero-order valence-corrected chi connectivity index (χ0v) is 14.0. The van der Waals surface area contributed by atoms with Gasteiger partial charge in [-0.15, -0.1) is 0 Å². The molecule has 4 rings (SSSR count). The molecule has 6 unspecified atom stereocenters. The Labute approximate surface area is 142 Å². The normalized spacial score (nSPS) is 35.2. The minimum atomic E-state index is -0.514. The van der Waals surface area contributed by atoms with E-state index < -0.39 is 5.92 Å². The number of Topliss-reactive ketones (excluding diaryl/α,β-unsaturated/α-hetero) is 2. The van der Waals surface area contributed by atoms with Crippen molar-refractivity contribution in [2.45, 2.75) is 62.9 Å². The van der Waals surface area contributed by atoms with E-state index in [0.717, 1.165) is 45.5 Å². The standard InChI is InChI=1S/C18H26O6/c19-17(4-3-13-8-22-13)16(6-15-10-24-15)18(20)11(5-14-9-23-14)1-2-12-7-21-12/h11-16H,1-10H2. The molecular formula is C18H26O6. The number of carbonyl (C=O) groups excluding carboxylic acids is 2. The Hall–Kier alpha value is -0.820. The molecule has 0 aromatic heterocycles. The quantitative estimate of drug-likeness (QED) is 0.372. The lowest BCUT2D eigenvalue weighted by atomic mass is 9.81. The van der Waals surface area contributed by atoms with Gasteiger partial charge in [0, 0.05) is 12.3 Å². The van der Waals surface area contributed by atoms with Gasteiger partial charge in [-0.1, -0.05) is 0 Å². The van der Waals surface area contributed by atoms with Gasteiger partial charge < -0.3 is 18.9 Å². The third kappa shape index (κ3) is 5.09. The van der Waals surface area contributed by atoms with E-state index in [1.165, 1.54) is 0 Å². The van der Waals surface area contributed by atoms with Crippen molar-refractivity contribution in [1.29, 1.82) is 0 Å². The highest BCUT2D eigenvalue weighted by Gasteiger charge is 2.40. The Bertz CT molecular complexity index is 476. The predicted octanol–water partition coefficient (Wildman–Crippen LogP) is 1.29. The monoisotopic (exact) mass is 338 g/mol. The van der Waals surface area contributed by atoms with E-state index in [-0.39, 0.29) is 35.8 Å². The Balaban J connectivity index is 1.36. The van der Waals surface area contributed by atoms with Crippen molar-refractivity contribution in [3.8, 4) is 0 Å². The first kappa shape index (κ1) is 16.6. The summed E-state index contributed by atoms with van der Waals surface area (Å²) in [6.45, 7) is 2.98. The molecule has 6 atom stereocenters. The first-order valence-corrected chi connectivity index (χ1v) is 9.22. The van der Waals surface area contributed by atoms with Gasteiger partial charge in [-0.3, -0.25) is 9.59 Å². The Morgan fingerprint density at radius 2 is 1.33 bits per heavy atom. The van der Waals surface area contributed by atoms with E-state index in [2.05, 4.69) is 0 Å². The first-order chi connectivity index (χ1) is 11.7. The molecule has 0 N–H and O–H groups in total. The SMILES string of the molecule is O=C(CCC1CO1)C(CC1CO1)C(=O)C(CCC1CO1)CC1CO1. The zero-order chi connectivity index (χ0) is 16.5. The first-order valence-electron chi connectivity index (χ1n) is 9.22. The smallest absolute Gasteiger partial charge is 0.146 e. The van der Waals surface area contributed by atoms with Crippen molar-refractivity contribution in [1.82, 2.24) is 0 Å². The van der Waals surface area contributed by atoms with Crippen LogP contribution in [0.4, 0.5) is 0 Å². The summed E-state index contributed by atoms with van der Waals surface area (Å²) < 4.78 is 21.1. The molecule has 4 saturated heterocycles. The molecular weight excluding hydrogens is 312 g/mol. The van der Waals surface area contributed by atoms with Crippen LogP contribution in [-0.4, -0.2) is 62.4 Å². The highest BCUT2D eigenvalue weighted by atomic mass is 16.6. The van der Waals surface area contributed by atoms with Crippen LogP contribution < -0.4 is 0 Å². The Morgan fingerprint density at radius 3 is 1.92 bits per heavy atom. The number of hydrogen-bond donors (Lipinski definition) is 0. The Kier molecular flexibility index (Phi) is 4.99. The summed E-state index contributed by atoms with van der Waals surface area (Å²) in [4.78, 5) is 25.7. The highest BCUT2D eigenvalue weighted by molar-refractivity contribution is 6.03. The lowest BCUT2D eigenvalue weighted by Gasteiger charge is -2.21. The van der Waals surface area contributed by atoms with Gasteiger partial charge in [0.1, 0.15) is 11.6 Å². The maximum Gasteiger partial charge on any atom is 0.146 e. The molecule has 4 heterocycles. The molecule has 4 aliphatic heterocycles. The maximum atomic E-state index is 13.1. The molecule has 24 heavy (non-hydrogen) atoms. The molecule has 4 fully saturated rings. The molecule has 0 radical (unpaired) electrons. The second-order valence-electron chi connectivity index (χ2n) is 7.53. The van der Waals surface area contributed by atoms with E-state index >= 15 is 0 Å². The van der Waals surface area contributed by atoms with Crippen LogP contribution in [0.3, 0.4) is 0 Å². The van der Waals surface area contributed by atoms with Gasteiger partial charge in [0.15, 0.2) is 0 Å². The summed E-state index contributed by atoms with van der Waals surface area (Å²) in [5, 5.41) is 0. The minimum absolute atomic E-state index is 0.0652. The van der Waals surface area contributed by atoms with E-state index in [9.17, 15) is 9.59 Å². The van der Waals surface area contributed by atoms with Crippen molar-refractivity contribution in [3.05, 3.63) is 0 Å². The molecule has 0 aromatic rings. The molecule has 0 aromatic carbocycles. The lowest BCUT2D eigenvalue weighted by molar-refractivity contribution is -0.136. The van der Waals surface area contributed by atoms with E-state index in [1.54, 1.807) is 0 Å². The summed E-state index contributed by atoms with van der Waals surface area (Å²) in [6, 6.07) is 0. The summed E-state index contributed by atoms with van der Waals surface area (Å²) >= 11 is 0. The average molecular weight is 338 g/mol. The number of ketones is 2. The van der Waals surface area contributed by atoms with Crippen LogP contribution in [-0.2, 0) is 28.5 Å². The molecule has 0 bridgehead atoms. The van der Waals surface area contributed by atoms with Crippen LogP contribution in [0.2, 0.25) is 0 Å². The van der Waals surface area contributed by atoms with Gasteiger partial charge in [-0.25, -0.2) is 0 Å². The summed E-state index contributed by atoms with van der Waals surface area (Å²) in [5.74, 6) is -0.439. The second-order valence-corrected chi connectivity index (χ2v) is 7.53. The average Bonchev–Trinajstić information content (AvgIpc) is 3.43. The van der Waals surface area contributed by atoms with Crippen molar-refractivity contribution in [2.24, 2.45) is 11.8 Å². The molecule has 0 aliphatic carbocycles. The number of hydrogen-bond acceptors (Lipinski definition) is 6. The molecule has 6 heteroatoms. The maximum absolute atomic E-state index is 13.1. The van der Waals surface area contributed by atoms with Gasteiger partial charge in [0.2, 0.25) is 0 Å². The van der Waals surface area contributed by atoms with Crippen molar-refractivity contribution >= 4 is 11.6 Å². The summed E-state index contributed by atoms with van der Waals surface area (Å²) in [7, 11) is 0. The number of epoxide rings is 4. The fraction of sp³-hybridized carbons (Fsp3) is 0.889. The second kappa shape index (κ2) is 7.20. The van der Waals surface area contributed by atoms with Crippen molar-refractivity contribution in [3.63, 3.8) is 0 Å². The number of carbonyl (C=O) groups is 2. The lowest BCUT2D eigenvalue weighted by Crippen LogP contribution is -2.32. The number of rotatable bonds is 13. The van der Waals surface area contributed by atoms with Gasteiger partial charge in [0.05, 0.1) is 56.8 Å². The third-order valence-corrected chi connectivity index (χ3v) is 5.34. The number of ether oxygens (including phenoxy) is 4. The van der Waals surface area contributed by atoms with Gasteiger partial charge in [-0.2, -0.15) is 0 Å². The zero-order valence-electron chi connectivity index (χ0n) is 14.0. The minimum Gasteiger partial charge on any atom is -0.373 e. The van der Waals surface area contributed by atoms with Gasteiger partial charge in [0.25, 0.3) is 0 Å². The molecule has 4 aliphatic rings. The highest BCUT2D eigenvalue weighted by Crippen LogP contribution is 2.32. The van der Waals surface area contributed by atoms with Crippen LogP contribution in [0.15, 0.2) is 0 Å². The summed E-state index contributed by atoms with van der Waals surface area (Å²) in [5.41, 5.74) is 0. The molecule has 134 valence electrons. The largest absolute Gasteiger partial charge is 0.373 e. The van der Waals surface area contributed by atoms with Gasteiger partial charge >= 0.3 is 0 Å². The molecule has 0 spiro atoms. The fourth-order valence-corrected chi connectivity index (χ4v) is 3.39. The molecule has 6 nitrogen and oxygen atoms in total. The van der Waals surface area contributed by atoms with Crippen molar-refractivity contribution in [2.75, 3.05) is 26.4 Å². The van der Waals surface area contributed by atoms with Gasteiger partial charge in [-0.05, 0) is 32.1 Å². The predicted molar refractivity (Wildman–Crippen MR) is 83.7 cm³/mol. The third-order valence-electron chi connectivity index (χ3n) is 5.34. The van der Waals surface area contributed by atoms with Crippen LogP contribution in [0.1, 0.15) is 38.5 Å². The van der Waals surface area contributed by atoms with E-state index in [0.29, 0.717) is 25.6 Å². The van der Waals surface area contributed by atoms with Crippen LogP contribution in [0.25, 0.3) is 0 Å². The van der Waals surface area contributed by atoms with E-state index in [1.807, 2.05) is 0 Å². The molecule has 0 saturated carbocycles. The Morgan fingerprint density at radius 1 is 0.792 bits per heavy atom. The fourth-order valence-electron chi connectivity index (χ4n) is 3.39. The van der Waals surface area contributed by atoms with Crippen molar-refractivity contribution < 1.29 is 28.5 Å². The molecule has 0 amide bonds. The van der Waals surface area contributed by atoms with Crippen LogP contribution in [0.5, 0.6) is 0 Å². The summed E-state index contributed by atoms with van der Waals surface area (Å²) in [6.07, 6.45) is 4.99. The van der Waals surface area contributed by atoms with E-state index in [4.69, 9.17) is 18.9 Å². The van der Waals surface area contributed by atoms with Crippen LogP contribution >= 0.6 is 0 Å².